The Hall–Kier alpha value is -2.42. The maximum atomic E-state index is 12.4. The number of rotatable bonds is 4. The minimum absolute atomic E-state index is 0.0549. The number of hydrogen-bond donors (Lipinski definition) is 0. The first-order valence-electron chi connectivity index (χ1n) is 7.14. The van der Waals surface area contributed by atoms with Crippen molar-refractivity contribution in [2.24, 2.45) is 0 Å². The second-order valence-corrected chi connectivity index (χ2v) is 5.44. The van der Waals surface area contributed by atoms with Crippen LogP contribution >= 0.6 is 0 Å². The fraction of sp³-hybridized carbons (Fsp3) is 0.222. The summed E-state index contributed by atoms with van der Waals surface area (Å²) in [5.41, 5.74) is 3.88. The van der Waals surface area contributed by atoms with Crippen molar-refractivity contribution < 1.29 is 9.59 Å². The summed E-state index contributed by atoms with van der Waals surface area (Å²) in [4.78, 5) is 24.8. The van der Waals surface area contributed by atoms with E-state index in [0.29, 0.717) is 13.0 Å². The van der Waals surface area contributed by atoms with Crippen molar-refractivity contribution in [1.29, 1.82) is 0 Å². The lowest BCUT2D eigenvalue weighted by atomic mass is 9.98. The molecule has 0 spiro atoms. The minimum atomic E-state index is 0.0549. The largest absolute Gasteiger partial charge is 0.304 e. The topological polar surface area (TPSA) is 37.4 Å². The van der Waals surface area contributed by atoms with Crippen LogP contribution in [-0.2, 0) is 11.3 Å². The Morgan fingerprint density at radius 1 is 1.14 bits per heavy atom. The average molecular weight is 279 g/mol. The van der Waals surface area contributed by atoms with E-state index in [1.807, 2.05) is 55.5 Å². The molecule has 1 unspecified atom stereocenters. The third-order valence-electron chi connectivity index (χ3n) is 4.04. The Kier molecular flexibility index (Phi) is 3.57. The van der Waals surface area contributed by atoms with Crippen LogP contribution in [0.15, 0.2) is 48.5 Å². The maximum absolute atomic E-state index is 12.4. The number of fused-ring (bicyclic) bond motifs is 1. The van der Waals surface area contributed by atoms with Crippen molar-refractivity contribution in [2.45, 2.75) is 25.8 Å². The standard InChI is InChI=1S/C18H17NO2/c1-13(10-11-20)14-6-8-16(9-7-14)19-12-15-4-2-3-5-17(15)18(19)21/h2-9,11,13H,10,12H2,1H3. The van der Waals surface area contributed by atoms with Gasteiger partial charge >= 0.3 is 0 Å². The van der Waals surface area contributed by atoms with Crippen LogP contribution in [-0.4, -0.2) is 12.2 Å². The fourth-order valence-electron chi connectivity index (χ4n) is 2.73. The monoisotopic (exact) mass is 279 g/mol. The van der Waals surface area contributed by atoms with Crippen LogP contribution in [0.25, 0.3) is 0 Å². The summed E-state index contributed by atoms with van der Waals surface area (Å²) < 4.78 is 0. The quantitative estimate of drug-likeness (QED) is 0.803. The zero-order valence-electron chi connectivity index (χ0n) is 12.0. The number of amides is 1. The Labute approximate surface area is 124 Å². The van der Waals surface area contributed by atoms with Crippen LogP contribution in [0.4, 0.5) is 5.69 Å². The van der Waals surface area contributed by atoms with Gasteiger partial charge in [-0.1, -0.05) is 37.3 Å². The third-order valence-corrected chi connectivity index (χ3v) is 4.04. The molecule has 0 aliphatic carbocycles. The smallest absolute Gasteiger partial charge is 0.258 e. The first-order valence-corrected chi connectivity index (χ1v) is 7.14. The van der Waals surface area contributed by atoms with Gasteiger partial charge in [0.2, 0.25) is 0 Å². The van der Waals surface area contributed by atoms with Crippen LogP contribution in [0.1, 0.15) is 40.7 Å². The van der Waals surface area contributed by atoms with Gasteiger partial charge in [-0.3, -0.25) is 4.79 Å². The SMILES string of the molecule is CC(CC=O)c1ccc(N2Cc3ccccc3C2=O)cc1. The highest BCUT2D eigenvalue weighted by atomic mass is 16.2. The number of hydrogen-bond acceptors (Lipinski definition) is 2. The van der Waals surface area contributed by atoms with Gasteiger partial charge in [0.15, 0.2) is 0 Å². The van der Waals surface area contributed by atoms with Crippen molar-refractivity contribution >= 4 is 17.9 Å². The maximum Gasteiger partial charge on any atom is 0.258 e. The van der Waals surface area contributed by atoms with Crippen LogP contribution < -0.4 is 4.90 Å². The number of aldehydes is 1. The summed E-state index contributed by atoms with van der Waals surface area (Å²) in [6.45, 7) is 2.65. The summed E-state index contributed by atoms with van der Waals surface area (Å²) >= 11 is 0. The molecule has 1 aliphatic heterocycles. The molecule has 1 aliphatic rings. The zero-order valence-corrected chi connectivity index (χ0v) is 12.0. The molecular weight excluding hydrogens is 262 g/mol. The van der Waals surface area contributed by atoms with Crippen molar-refractivity contribution in [3.8, 4) is 0 Å². The van der Waals surface area contributed by atoms with Gasteiger partial charge in [0, 0.05) is 17.7 Å². The molecule has 0 N–H and O–H groups in total. The molecule has 2 aromatic carbocycles. The van der Waals surface area contributed by atoms with E-state index in [-0.39, 0.29) is 11.8 Å². The lowest BCUT2D eigenvalue weighted by Crippen LogP contribution is -2.22. The Morgan fingerprint density at radius 3 is 2.52 bits per heavy atom. The van der Waals surface area contributed by atoms with E-state index in [0.717, 1.165) is 28.7 Å². The van der Waals surface area contributed by atoms with E-state index in [1.165, 1.54) is 0 Å². The number of nitrogens with zero attached hydrogens (tertiary/aromatic N) is 1. The molecule has 3 heteroatoms. The summed E-state index contributed by atoms with van der Waals surface area (Å²) in [7, 11) is 0. The number of benzene rings is 2. The van der Waals surface area contributed by atoms with Crippen LogP contribution in [0.2, 0.25) is 0 Å². The molecular formula is C18H17NO2. The first kappa shape index (κ1) is 13.6. The molecule has 1 heterocycles. The van der Waals surface area contributed by atoms with Gasteiger partial charge < -0.3 is 9.69 Å². The van der Waals surface area contributed by atoms with Gasteiger partial charge in [0.25, 0.3) is 5.91 Å². The summed E-state index contributed by atoms with van der Waals surface area (Å²) in [5, 5.41) is 0. The predicted octanol–water partition coefficient (Wildman–Crippen LogP) is 3.54. The van der Waals surface area contributed by atoms with Crippen molar-refractivity contribution in [1.82, 2.24) is 0 Å². The van der Waals surface area contributed by atoms with Gasteiger partial charge in [-0.25, -0.2) is 0 Å². The Balaban J connectivity index is 1.83. The molecule has 0 bridgehead atoms. The Morgan fingerprint density at radius 2 is 1.86 bits per heavy atom. The van der Waals surface area contributed by atoms with Gasteiger partial charge in [-0.05, 0) is 35.2 Å². The number of anilines is 1. The van der Waals surface area contributed by atoms with Gasteiger partial charge in [0.1, 0.15) is 6.29 Å². The van der Waals surface area contributed by atoms with Crippen molar-refractivity contribution in [2.75, 3.05) is 4.90 Å². The normalized spacial score (nSPS) is 14.9. The molecule has 0 saturated carbocycles. The average Bonchev–Trinajstić information content (AvgIpc) is 2.85. The first-order chi connectivity index (χ1) is 10.2. The number of carbonyl (C=O) groups is 2. The zero-order chi connectivity index (χ0) is 14.8. The van der Waals surface area contributed by atoms with Crippen LogP contribution in [0, 0.1) is 0 Å². The Bertz CT molecular complexity index is 676. The second kappa shape index (κ2) is 5.52. The van der Waals surface area contributed by atoms with Gasteiger partial charge in [0.05, 0.1) is 6.54 Å². The molecule has 0 aromatic heterocycles. The van der Waals surface area contributed by atoms with E-state index >= 15 is 0 Å². The summed E-state index contributed by atoms with van der Waals surface area (Å²) in [6.07, 6.45) is 1.46. The van der Waals surface area contributed by atoms with Crippen LogP contribution in [0.5, 0.6) is 0 Å². The molecule has 0 radical (unpaired) electrons. The molecule has 1 atom stereocenters. The molecule has 106 valence electrons. The van der Waals surface area contributed by atoms with Crippen LogP contribution in [0.3, 0.4) is 0 Å². The summed E-state index contributed by atoms with van der Waals surface area (Å²) in [5.74, 6) is 0.266. The van der Waals surface area contributed by atoms with Crippen molar-refractivity contribution in [3.63, 3.8) is 0 Å². The third kappa shape index (κ3) is 2.47. The van der Waals surface area contributed by atoms with E-state index in [4.69, 9.17) is 0 Å². The fourth-order valence-corrected chi connectivity index (χ4v) is 2.73. The van der Waals surface area contributed by atoms with Crippen molar-refractivity contribution in [3.05, 3.63) is 65.2 Å². The molecule has 21 heavy (non-hydrogen) atoms. The highest BCUT2D eigenvalue weighted by Gasteiger charge is 2.27. The van der Waals surface area contributed by atoms with Gasteiger partial charge in [-0.2, -0.15) is 0 Å². The van der Waals surface area contributed by atoms with E-state index < -0.39 is 0 Å². The molecule has 3 rings (SSSR count). The highest BCUT2D eigenvalue weighted by molar-refractivity contribution is 6.09. The molecule has 0 fully saturated rings. The highest BCUT2D eigenvalue weighted by Crippen LogP contribution is 2.29. The molecule has 2 aromatic rings. The van der Waals surface area contributed by atoms with Gasteiger partial charge in [-0.15, -0.1) is 0 Å². The van der Waals surface area contributed by atoms with E-state index in [9.17, 15) is 9.59 Å². The molecule has 1 amide bonds. The minimum Gasteiger partial charge on any atom is -0.304 e. The summed E-state index contributed by atoms with van der Waals surface area (Å²) in [6, 6.07) is 15.6. The van der Waals surface area contributed by atoms with E-state index in [1.54, 1.807) is 4.90 Å². The lowest BCUT2D eigenvalue weighted by Gasteiger charge is -2.17. The molecule has 3 nitrogen and oxygen atoms in total. The molecule has 0 saturated heterocycles. The number of carbonyl (C=O) groups excluding carboxylic acids is 2. The second-order valence-electron chi connectivity index (χ2n) is 5.44. The lowest BCUT2D eigenvalue weighted by molar-refractivity contribution is -0.108. The predicted molar refractivity (Wildman–Crippen MR) is 82.5 cm³/mol. The van der Waals surface area contributed by atoms with E-state index in [2.05, 4.69) is 0 Å².